The van der Waals surface area contributed by atoms with E-state index in [-0.39, 0.29) is 5.92 Å². The van der Waals surface area contributed by atoms with Gasteiger partial charge >= 0.3 is 0 Å². The summed E-state index contributed by atoms with van der Waals surface area (Å²) >= 11 is 3.20. The second-order valence-corrected chi connectivity index (χ2v) is 5.57. The zero-order chi connectivity index (χ0) is 9.97. The van der Waals surface area contributed by atoms with Crippen molar-refractivity contribution in [1.29, 1.82) is 0 Å². The molecule has 1 aromatic rings. The topological polar surface area (TPSA) is 30.0 Å². The van der Waals surface area contributed by atoms with Crippen LogP contribution in [0.4, 0.5) is 0 Å². The third kappa shape index (κ3) is 2.01. The SMILES string of the molecule is CCC1C(=O)SCC1Cc1cncs1. The van der Waals surface area contributed by atoms with Crippen LogP contribution in [0.15, 0.2) is 11.7 Å². The van der Waals surface area contributed by atoms with Gasteiger partial charge in [-0.3, -0.25) is 9.78 Å². The molecule has 76 valence electrons. The minimum atomic E-state index is 0.280. The molecule has 0 aliphatic carbocycles. The van der Waals surface area contributed by atoms with E-state index in [1.165, 1.54) is 16.6 Å². The molecule has 0 amide bonds. The van der Waals surface area contributed by atoms with Crippen LogP contribution in [0.3, 0.4) is 0 Å². The molecule has 4 heteroatoms. The first kappa shape index (κ1) is 10.2. The van der Waals surface area contributed by atoms with Crippen LogP contribution in [0.25, 0.3) is 0 Å². The first-order chi connectivity index (χ1) is 6.81. The molecule has 1 fully saturated rings. The van der Waals surface area contributed by atoms with E-state index < -0.39 is 0 Å². The predicted octanol–water partition coefficient (Wildman–Crippen LogP) is 2.60. The van der Waals surface area contributed by atoms with Crippen LogP contribution in [0.1, 0.15) is 18.2 Å². The molecular weight excluding hydrogens is 214 g/mol. The molecule has 1 aliphatic heterocycles. The maximum atomic E-state index is 11.5. The lowest BCUT2D eigenvalue weighted by atomic mass is 9.90. The van der Waals surface area contributed by atoms with Gasteiger partial charge in [-0.05, 0) is 18.8 Å². The lowest BCUT2D eigenvalue weighted by Crippen LogP contribution is -2.16. The summed E-state index contributed by atoms with van der Waals surface area (Å²) in [7, 11) is 0. The van der Waals surface area contributed by atoms with Gasteiger partial charge in [0.25, 0.3) is 0 Å². The number of aromatic nitrogens is 1. The monoisotopic (exact) mass is 227 g/mol. The number of thiazole rings is 1. The van der Waals surface area contributed by atoms with Crippen molar-refractivity contribution in [2.45, 2.75) is 19.8 Å². The molecule has 2 unspecified atom stereocenters. The summed E-state index contributed by atoms with van der Waals surface area (Å²) in [5.74, 6) is 1.81. The molecule has 1 aliphatic rings. The van der Waals surface area contributed by atoms with Crippen LogP contribution in [0.2, 0.25) is 0 Å². The van der Waals surface area contributed by atoms with Crippen LogP contribution in [-0.2, 0) is 11.2 Å². The summed E-state index contributed by atoms with van der Waals surface area (Å²) < 4.78 is 0. The Bertz CT molecular complexity index is 310. The fraction of sp³-hybridized carbons (Fsp3) is 0.600. The third-order valence-corrected chi connectivity index (χ3v) is 4.68. The minimum Gasteiger partial charge on any atom is -0.287 e. The van der Waals surface area contributed by atoms with Gasteiger partial charge in [0.1, 0.15) is 0 Å². The van der Waals surface area contributed by atoms with Crippen molar-refractivity contribution in [2.24, 2.45) is 11.8 Å². The lowest BCUT2D eigenvalue weighted by Gasteiger charge is -2.13. The Balaban J connectivity index is 2.01. The predicted molar refractivity (Wildman–Crippen MR) is 60.6 cm³/mol. The number of carbonyl (C=O) groups excluding carboxylic acids is 1. The van der Waals surface area contributed by atoms with Crippen LogP contribution >= 0.6 is 23.1 Å². The first-order valence-electron chi connectivity index (χ1n) is 4.85. The van der Waals surface area contributed by atoms with Gasteiger partial charge in [0.05, 0.1) is 5.51 Å². The number of carbonyl (C=O) groups is 1. The van der Waals surface area contributed by atoms with Crippen LogP contribution in [0.5, 0.6) is 0 Å². The number of hydrogen-bond donors (Lipinski definition) is 0. The molecule has 2 rings (SSSR count). The number of thioether (sulfide) groups is 1. The van der Waals surface area contributed by atoms with E-state index in [1.54, 1.807) is 11.3 Å². The second kappa shape index (κ2) is 4.45. The molecule has 1 aromatic heterocycles. The van der Waals surface area contributed by atoms with Crippen molar-refractivity contribution in [2.75, 3.05) is 5.75 Å². The Morgan fingerprint density at radius 1 is 1.64 bits per heavy atom. The van der Waals surface area contributed by atoms with Crippen molar-refractivity contribution in [3.8, 4) is 0 Å². The van der Waals surface area contributed by atoms with Crippen molar-refractivity contribution in [1.82, 2.24) is 4.98 Å². The summed E-state index contributed by atoms with van der Waals surface area (Å²) in [5, 5.41) is 0.391. The van der Waals surface area contributed by atoms with E-state index in [0.29, 0.717) is 11.0 Å². The maximum absolute atomic E-state index is 11.5. The number of nitrogens with zero attached hydrogens (tertiary/aromatic N) is 1. The van der Waals surface area contributed by atoms with E-state index >= 15 is 0 Å². The Morgan fingerprint density at radius 2 is 2.50 bits per heavy atom. The Hall–Kier alpha value is -0.350. The molecule has 2 nitrogen and oxygen atoms in total. The molecule has 0 spiro atoms. The Morgan fingerprint density at radius 3 is 3.14 bits per heavy atom. The van der Waals surface area contributed by atoms with Crippen LogP contribution < -0.4 is 0 Å². The van der Waals surface area contributed by atoms with E-state index in [4.69, 9.17) is 0 Å². The van der Waals surface area contributed by atoms with Crippen molar-refractivity contribution >= 4 is 28.2 Å². The third-order valence-electron chi connectivity index (χ3n) is 2.70. The maximum Gasteiger partial charge on any atom is 0.192 e. The largest absolute Gasteiger partial charge is 0.287 e. The van der Waals surface area contributed by atoms with Crippen LogP contribution in [-0.4, -0.2) is 15.9 Å². The highest BCUT2D eigenvalue weighted by Crippen LogP contribution is 2.36. The van der Waals surface area contributed by atoms with Crippen LogP contribution in [0, 0.1) is 11.8 Å². The summed E-state index contributed by atoms with van der Waals surface area (Å²) in [6, 6.07) is 0. The van der Waals surface area contributed by atoms with Gasteiger partial charge in [-0.25, -0.2) is 0 Å². The fourth-order valence-corrected chi connectivity index (χ4v) is 3.90. The zero-order valence-corrected chi connectivity index (χ0v) is 9.74. The molecule has 1 saturated heterocycles. The highest BCUT2D eigenvalue weighted by atomic mass is 32.2. The van der Waals surface area contributed by atoms with Gasteiger partial charge in [0.2, 0.25) is 0 Å². The summed E-state index contributed by atoms with van der Waals surface area (Å²) in [5.41, 5.74) is 1.86. The second-order valence-electron chi connectivity index (χ2n) is 3.58. The smallest absolute Gasteiger partial charge is 0.192 e. The quantitative estimate of drug-likeness (QED) is 0.795. The zero-order valence-electron chi connectivity index (χ0n) is 8.10. The summed E-state index contributed by atoms with van der Waals surface area (Å²) in [6.07, 6.45) is 3.93. The van der Waals surface area contributed by atoms with Gasteiger partial charge in [-0.2, -0.15) is 0 Å². The van der Waals surface area contributed by atoms with Gasteiger partial charge in [0.15, 0.2) is 5.12 Å². The number of hydrogen-bond acceptors (Lipinski definition) is 4. The van der Waals surface area contributed by atoms with Crippen molar-refractivity contribution in [3.63, 3.8) is 0 Å². The Kier molecular flexibility index (Phi) is 3.23. The molecule has 0 saturated carbocycles. The highest BCUT2D eigenvalue weighted by molar-refractivity contribution is 8.14. The van der Waals surface area contributed by atoms with Crippen molar-refractivity contribution in [3.05, 3.63) is 16.6 Å². The lowest BCUT2D eigenvalue weighted by molar-refractivity contribution is -0.114. The summed E-state index contributed by atoms with van der Waals surface area (Å²) in [6.45, 7) is 2.11. The van der Waals surface area contributed by atoms with Gasteiger partial charge in [-0.1, -0.05) is 18.7 Å². The van der Waals surface area contributed by atoms with Crippen molar-refractivity contribution < 1.29 is 4.79 Å². The minimum absolute atomic E-state index is 0.280. The normalized spacial score (nSPS) is 27.1. The molecule has 0 N–H and O–H groups in total. The standard InChI is InChI=1S/C10H13NOS2/c1-2-9-7(5-13-10(9)12)3-8-4-11-6-14-8/h4,6-7,9H,2-3,5H2,1H3. The molecular formula is C10H13NOS2. The molecule has 2 heterocycles. The molecule has 0 radical (unpaired) electrons. The molecule has 2 atom stereocenters. The molecule has 0 bridgehead atoms. The van der Waals surface area contributed by atoms with E-state index in [0.717, 1.165) is 18.6 Å². The fourth-order valence-electron chi connectivity index (χ4n) is 1.91. The average Bonchev–Trinajstić information content (AvgIpc) is 2.77. The summed E-state index contributed by atoms with van der Waals surface area (Å²) in [4.78, 5) is 16.9. The van der Waals surface area contributed by atoms with Gasteiger partial charge in [0, 0.05) is 22.7 Å². The van der Waals surface area contributed by atoms with Gasteiger partial charge in [-0.15, -0.1) is 11.3 Å². The van der Waals surface area contributed by atoms with Gasteiger partial charge < -0.3 is 0 Å². The van der Waals surface area contributed by atoms with E-state index in [1.807, 2.05) is 11.7 Å². The van der Waals surface area contributed by atoms with E-state index in [9.17, 15) is 4.79 Å². The average molecular weight is 227 g/mol. The van der Waals surface area contributed by atoms with E-state index in [2.05, 4.69) is 11.9 Å². The molecule has 0 aromatic carbocycles. The first-order valence-corrected chi connectivity index (χ1v) is 6.71. The number of rotatable bonds is 3. The highest BCUT2D eigenvalue weighted by Gasteiger charge is 2.34. The molecule has 14 heavy (non-hydrogen) atoms. The Labute approximate surface area is 92.1 Å².